The predicted molar refractivity (Wildman–Crippen MR) is 195 cm³/mol. The zero-order chi connectivity index (χ0) is 30.5. The number of anilines is 6. The normalized spacial score (nSPS) is 11.9. The molecule has 0 bridgehead atoms. The Morgan fingerprint density at radius 2 is 1.02 bits per heavy atom. The van der Waals surface area contributed by atoms with Gasteiger partial charge < -0.3 is 9.80 Å². The molecule has 0 aromatic heterocycles. The maximum atomic E-state index is 2.42. The molecule has 0 fully saturated rings. The summed E-state index contributed by atoms with van der Waals surface area (Å²) >= 11 is 0. The molecule has 0 unspecified atom stereocenters. The zero-order valence-corrected chi connectivity index (χ0v) is 25.2. The van der Waals surface area contributed by atoms with E-state index < -0.39 is 0 Å². The first-order valence-corrected chi connectivity index (χ1v) is 15.8. The summed E-state index contributed by atoms with van der Waals surface area (Å²) < 4.78 is 0. The lowest BCUT2D eigenvalue weighted by atomic mass is 9.86. The molecule has 216 valence electrons. The maximum Gasteiger partial charge on any atom is 0.0546 e. The third-order valence-corrected chi connectivity index (χ3v) is 9.13. The molecular formula is C44H30N2. The molecule has 2 heteroatoms. The van der Waals surface area contributed by atoms with E-state index in [0.29, 0.717) is 0 Å². The molecule has 0 atom stereocenters. The number of nitrogens with zero attached hydrogens (tertiary/aromatic N) is 2. The van der Waals surface area contributed by atoms with Crippen molar-refractivity contribution in [1.29, 1.82) is 0 Å². The van der Waals surface area contributed by atoms with Gasteiger partial charge in [-0.3, -0.25) is 0 Å². The van der Waals surface area contributed by atoms with Gasteiger partial charge in [0.2, 0.25) is 0 Å². The second-order valence-corrected chi connectivity index (χ2v) is 11.8. The Balaban J connectivity index is 1.30. The zero-order valence-electron chi connectivity index (χ0n) is 25.2. The van der Waals surface area contributed by atoms with E-state index in [1.54, 1.807) is 0 Å². The summed E-state index contributed by atoms with van der Waals surface area (Å²) in [6, 6.07) is 65.7. The lowest BCUT2D eigenvalue weighted by Gasteiger charge is -2.35. The van der Waals surface area contributed by atoms with E-state index >= 15 is 0 Å². The van der Waals surface area contributed by atoms with Crippen molar-refractivity contribution in [3.05, 3.63) is 182 Å². The molecular weight excluding hydrogens is 556 g/mol. The van der Waals surface area contributed by atoms with Gasteiger partial charge in [0.25, 0.3) is 0 Å². The summed E-state index contributed by atoms with van der Waals surface area (Å²) in [4.78, 5) is 4.77. The molecule has 0 saturated heterocycles. The first-order valence-electron chi connectivity index (χ1n) is 15.8. The summed E-state index contributed by atoms with van der Waals surface area (Å²) in [5.74, 6) is 0. The molecule has 0 spiro atoms. The van der Waals surface area contributed by atoms with Gasteiger partial charge in [-0.15, -0.1) is 0 Å². The molecule has 46 heavy (non-hydrogen) atoms. The van der Waals surface area contributed by atoms with E-state index in [1.165, 1.54) is 55.2 Å². The van der Waals surface area contributed by atoms with Crippen LogP contribution in [0.15, 0.2) is 182 Å². The van der Waals surface area contributed by atoms with E-state index in [9.17, 15) is 0 Å². The molecule has 0 aliphatic carbocycles. The largest absolute Gasteiger partial charge is 0.310 e. The van der Waals surface area contributed by atoms with Crippen LogP contribution in [0.2, 0.25) is 0 Å². The smallest absolute Gasteiger partial charge is 0.0546 e. The van der Waals surface area contributed by atoms with Gasteiger partial charge in [-0.25, -0.2) is 0 Å². The third kappa shape index (κ3) is 4.27. The second-order valence-electron chi connectivity index (χ2n) is 11.8. The molecule has 1 aliphatic heterocycles. The Kier molecular flexibility index (Phi) is 6.17. The number of hydrogen-bond acceptors (Lipinski definition) is 2. The lowest BCUT2D eigenvalue weighted by molar-refractivity contribution is 1.25. The lowest BCUT2D eigenvalue weighted by Crippen LogP contribution is -2.16. The van der Waals surface area contributed by atoms with Crippen molar-refractivity contribution in [3.8, 4) is 22.3 Å². The second kappa shape index (κ2) is 10.8. The van der Waals surface area contributed by atoms with Crippen molar-refractivity contribution in [2.24, 2.45) is 0 Å². The summed E-state index contributed by atoms with van der Waals surface area (Å²) in [6.07, 6.45) is 0. The minimum atomic E-state index is 1.12. The van der Waals surface area contributed by atoms with E-state index in [1.807, 2.05) is 0 Å². The Morgan fingerprint density at radius 1 is 0.370 bits per heavy atom. The van der Waals surface area contributed by atoms with E-state index in [4.69, 9.17) is 0 Å². The van der Waals surface area contributed by atoms with E-state index in [2.05, 4.69) is 192 Å². The quantitative estimate of drug-likeness (QED) is 0.198. The fourth-order valence-corrected chi connectivity index (χ4v) is 7.07. The number of rotatable bonds is 5. The predicted octanol–water partition coefficient (Wildman–Crippen LogP) is 12.6. The molecule has 0 N–H and O–H groups in total. The SMILES string of the molecule is c1ccc(N(c2ccccc2)c2ccc3c(c2)-c2ccc(-c4ccc5ccccc5c4)c4cccc(c24)N3c2ccccc2)cc1. The van der Waals surface area contributed by atoms with Crippen molar-refractivity contribution < 1.29 is 0 Å². The first kappa shape index (κ1) is 26.3. The highest BCUT2D eigenvalue weighted by atomic mass is 15.2. The van der Waals surface area contributed by atoms with Crippen LogP contribution < -0.4 is 9.80 Å². The fourth-order valence-electron chi connectivity index (χ4n) is 7.07. The Bertz CT molecular complexity index is 2320. The van der Waals surface area contributed by atoms with Gasteiger partial charge >= 0.3 is 0 Å². The van der Waals surface area contributed by atoms with Crippen LogP contribution in [-0.4, -0.2) is 0 Å². The maximum absolute atomic E-state index is 2.42. The van der Waals surface area contributed by atoms with Crippen molar-refractivity contribution in [1.82, 2.24) is 0 Å². The first-order chi connectivity index (χ1) is 22.8. The average molecular weight is 587 g/mol. The monoisotopic (exact) mass is 586 g/mol. The summed E-state index contributed by atoms with van der Waals surface area (Å²) in [7, 11) is 0. The highest BCUT2D eigenvalue weighted by Gasteiger charge is 2.28. The van der Waals surface area contributed by atoms with Crippen molar-refractivity contribution in [2.45, 2.75) is 0 Å². The summed E-state index contributed by atoms with van der Waals surface area (Å²) in [6.45, 7) is 0. The van der Waals surface area contributed by atoms with Crippen LogP contribution in [0, 0.1) is 0 Å². The Labute approximate surface area is 269 Å². The van der Waals surface area contributed by atoms with Crippen LogP contribution in [0.1, 0.15) is 0 Å². The number of benzene rings is 8. The van der Waals surface area contributed by atoms with Gasteiger partial charge in [0.1, 0.15) is 0 Å². The third-order valence-electron chi connectivity index (χ3n) is 9.13. The molecule has 0 saturated carbocycles. The number of para-hydroxylation sites is 3. The highest BCUT2D eigenvalue weighted by molar-refractivity contribution is 6.18. The van der Waals surface area contributed by atoms with E-state index in [-0.39, 0.29) is 0 Å². The van der Waals surface area contributed by atoms with Crippen LogP contribution in [0.3, 0.4) is 0 Å². The average Bonchev–Trinajstić information content (AvgIpc) is 3.13. The topological polar surface area (TPSA) is 6.48 Å². The standard InChI is InChI=1S/C44H30N2/c1-4-15-34(16-5-1)45(35-17-6-2-7-18-35)37-25-28-42-41(30-37)40-27-26-38(33-24-23-31-13-10-11-14-32(31)29-33)39-21-12-22-43(44(39)40)46(42)36-19-8-3-9-20-36/h1-30H. The van der Waals surface area contributed by atoms with Crippen LogP contribution in [0.4, 0.5) is 34.1 Å². The van der Waals surface area contributed by atoms with Gasteiger partial charge in [0, 0.05) is 33.7 Å². The van der Waals surface area contributed by atoms with Gasteiger partial charge in [0.15, 0.2) is 0 Å². The van der Waals surface area contributed by atoms with E-state index in [0.717, 1.165) is 22.7 Å². The Morgan fingerprint density at radius 3 is 1.76 bits per heavy atom. The molecule has 1 heterocycles. The van der Waals surface area contributed by atoms with Gasteiger partial charge in [0.05, 0.1) is 11.4 Å². The fraction of sp³-hybridized carbons (Fsp3) is 0. The van der Waals surface area contributed by atoms with Gasteiger partial charge in [-0.2, -0.15) is 0 Å². The molecule has 9 rings (SSSR count). The molecule has 0 radical (unpaired) electrons. The number of hydrogen-bond donors (Lipinski definition) is 0. The highest BCUT2D eigenvalue weighted by Crippen LogP contribution is 2.53. The summed E-state index contributed by atoms with van der Waals surface area (Å²) in [5, 5.41) is 5.04. The van der Waals surface area contributed by atoms with Gasteiger partial charge in [-0.1, -0.05) is 115 Å². The molecule has 8 aromatic rings. The minimum absolute atomic E-state index is 1.12. The van der Waals surface area contributed by atoms with Crippen LogP contribution >= 0.6 is 0 Å². The van der Waals surface area contributed by atoms with Crippen molar-refractivity contribution in [3.63, 3.8) is 0 Å². The molecule has 1 aliphatic rings. The molecule has 0 amide bonds. The van der Waals surface area contributed by atoms with Crippen molar-refractivity contribution >= 4 is 55.7 Å². The minimum Gasteiger partial charge on any atom is -0.310 e. The van der Waals surface area contributed by atoms with Crippen LogP contribution in [0.5, 0.6) is 0 Å². The van der Waals surface area contributed by atoms with Crippen LogP contribution in [0.25, 0.3) is 43.8 Å². The summed E-state index contributed by atoms with van der Waals surface area (Å²) in [5.41, 5.74) is 11.8. The number of fused-ring (bicyclic) bond motifs is 3. The van der Waals surface area contributed by atoms with Crippen molar-refractivity contribution in [2.75, 3.05) is 9.80 Å². The van der Waals surface area contributed by atoms with Gasteiger partial charge in [-0.05, 0) is 99.6 Å². The Hall–Kier alpha value is -6.12. The molecule has 2 nitrogen and oxygen atoms in total. The molecule has 8 aromatic carbocycles. The van der Waals surface area contributed by atoms with Crippen LogP contribution in [-0.2, 0) is 0 Å².